The number of benzene rings is 3. The molecule has 0 bridgehead atoms. The summed E-state index contributed by atoms with van der Waals surface area (Å²) in [5.74, 6) is -2.01. The standard InChI is InChI=1S/C26H20IN3O6/c27-16-26(29-30-28)23(35-25(33)19-14-8-3-9-15-19)22(34-24(32)18-12-6-2-7-13-18)21(36-26)20(31)17-10-4-1-5-11-17/h1-15,21-23H,16H2/t21-,22-,23-,26+/m0/s1. The summed E-state index contributed by atoms with van der Waals surface area (Å²) in [6.07, 6.45) is -4.18. The Bertz CT molecular complexity index is 1280. The summed E-state index contributed by atoms with van der Waals surface area (Å²) in [6.45, 7) is 0. The van der Waals surface area contributed by atoms with E-state index in [1.807, 2.05) is 22.6 Å². The number of ketones is 1. The highest BCUT2D eigenvalue weighted by Gasteiger charge is 2.61. The number of azide groups is 1. The van der Waals surface area contributed by atoms with Crippen LogP contribution >= 0.6 is 22.6 Å². The predicted octanol–water partition coefficient (Wildman–Crippen LogP) is 5.16. The highest BCUT2D eigenvalue weighted by Crippen LogP contribution is 2.40. The number of esters is 2. The lowest BCUT2D eigenvalue weighted by molar-refractivity contribution is -0.0644. The molecule has 0 N–H and O–H groups in total. The SMILES string of the molecule is [N-]=[N+]=N[C@]1(CI)O[C@@H](C(=O)c2ccccc2)[C@H](OC(=O)c2ccccc2)[C@@H]1OC(=O)c1ccccc1. The Hall–Kier alpha value is -3.73. The molecule has 0 saturated carbocycles. The monoisotopic (exact) mass is 597 g/mol. The Kier molecular flexibility index (Phi) is 7.99. The molecule has 0 amide bonds. The van der Waals surface area contributed by atoms with Crippen molar-refractivity contribution >= 4 is 40.3 Å². The molecule has 9 nitrogen and oxygen atoms in total. The van der Waals surface area contributed by atoms with E-state index in [1.54, 1.807) is 91.0 Å². The average molecular weight is 597 g/mol. The fourth-order valence-corrected chi connectivity index (χ4v) is 4.60. The van der Waals surface area contributed by atoms with E-state index in [-0.39, 0.29) is 15.6 Å². The summed E-state index contributed by atoms with van der Waals surface area (Å²) < 4.78 is 17.6. The molecule has 1 saturated heterocycles. The Morgan fingerprint density at radius 3 is 1.78 bits per heavy atom. The van der Waals surface area contributed by atoms with Crippen LogP contribution in [0, 0.1) is 0 Å². The van der Waals surface area contributed by atoms with Gasteiger partial charge in [-0.3, -0.25) is 4.79 Å². The van der Waals surface area contributed by atoms with Gasteiger partial charge in [0.05, 0.1) is 11.1 Å². The second kappa shape index (κ2) is 11.3. The van der Waals surface area contributed by atoms with Gasteiger partial charge >= 0.3 is 11.9 Å². The smallest absolute Gasteiger partial charge is 0.338 e. The Morgan fingerprint density at radius 1 is 0.833 bits per heavy atom. The summed E-state index contributed by atoms with van der Waals surface area (Å²) in [5, 5.41) is 3.79. The number of rotatable bonds is 8. The van der Waals surface area contributed by atoms with Crippen LogP contribution in [-0.4, -0.2) is 46.2 Å². The van der Waals surface area contributed by atoms with E-state index in [2.05, 4.69) is 10.0 Å². The van der Waals surface area contributed by atoms with Crippen LogP contribution in [0.1, 0.15) is 31.1 Å². The summed E-state index contributed by atoms with van der Waals surface area (Å²) in [5.41, 5.74) is 8.28. The summed E-state index contributed by atoms with van der Waals surface area (Å²) >= 11 is 1.91. The number of hydrogen-bond donors (Lipinski definition) is 0. The summed E-state index contributed by atoms with van der Waals surface area (Å²) in [4.78, 5) is 42.4. The lowest BCUT2D eigenvalue weighted by Gasteiger charge is -2.29. The van der Waals surface area contributed by atoms with E-state index in [9.17, 15) is 19.9 Å². The van der Waals surface area contributed by atoms with Crippen LogP contribution in [0.5, 0.6) is 0 Å². The molecule has 36 heavy (non-hydrogen) atoms. The molecule has 1 fully saturated rings. The van der Waals surface area contributed by atoms with Crippen LogP contribution in [0.25, 0.3) is 10.4 Å². The maximum Gasteiger partial charge on any atom is 0.338 e. The highest BCUT2D eigenvalue weighted by atomic mass is 127. The van der Waals surface area contributed by atoms with Gasteiger partial charge in [-0.05, 0) is 29.8 Å². The lowest BCUT2D eigenvalue weighted by Crippen LogP contribution is -2.48. The van der Waals surface area contributed by atoms with E-state index >= 15 is 0 Å². The molecule has 1 heterocycles. The maximum absolute atomic E-state index is 13.5. The molecule has 3 aromatic carbocycles. The Morgan fingerprint density at radius 2 is 1.31 bits per heavy atom. The molecule has 0 unspecified atom stereocenters. The molecule has 0 aliphatic carbocycles. The van der Waals surface area contributed by atoms with Gasteiger partial charge in [-0.15, -0.1) is 0 Å². The van der Waals surface area contributed by atoms with Crippen LogP contribution in [0.4, 0.5) is 0 Å². The van der Waals surface area contributed by atoms with Crippen LogP contribution in [0.3, 0.4) is 0 Å². The molecular weight excluding hydrogens is 577 g/mol. The zero-order chi connectivity index (χ0) is 25.5. The van der Waals surface area contributed by atoms with E-state index < -0.39 is 41.8 Å². The fraction of sp³-hybridized carbons (Fsp3) is 0.192. The molecule has 0 aromatic heterocycles. The minimum absolute atomic E-state index is 0.0134. The van der Waals surface area contributed by atoms with Crippen molar-refractivity contribution in [3.05, 3.63) is 118 Å². The predicted molar refractivity (Wildman–Crippen MR) is 138 cm³/mol. The number of alkyl halides is 1. The first-order chi connectivity index (χ1) is 17.5. The van der Waals surface area contributed by atoms with E-state index in [0.29, 0.717) is 5.56 Å². The number of hydrogen-bond acceptors (Lipinski definition) is 7. The zero-order valence-corrected chi connectivity index (χ0v) is 20.9. The first-order valence-electron chi connectivity index (χ1n) is 10.9. The van der Waals surface area contributed by atoms with Gasteiger partial charge in [0.15, 0.2) is 29.8 Å². The van der Waals surface area contributed by atoms with Gasteiger partial charge in [0, 0.05) is 14.9 Å². The number of carbonyl (C=O) groups is 3. The maximum atomic E-state index is 13.5. The Labute approximate surface area is 220 Å². The van der Waals surface area contributed by atoms with Crippen molar-refractivity contribution in [1.82, 2.24) is 0 Å². The summed E-state index contributed by atoms with van der Waals surface area (Å²) in [6, 6.07) is 24.6. The fourth-order valence-electron chi connectivity index (χ4n) is 3.84. The molecule has 3 aromatic rings. The Balaban J connectivity index is 1.77. The van der Waals surface area contributed by atoms with Crippen LogP contribution in [0.2, 0.25) is 0 Å². The van der Waals surface area contributed by atoms with E-state index in [4.69, 9.17) is 14.2 Å². The largest absolute Gasteiger partial charge is 0.451 e. The van der Waals surface area contributed by atoms with Crippen molar-refractivity contribution in [3.63, 3.8) is 0 Å². The number of ether oxygens (including phenoxy) is 3. The third-order valence-corrected chi connectivity index (χ3v) is 6.68. The van der Waals surface area contributed by atoms with Gasteiger partial charge in [-0.1, -0.05) is 94.4 Å². The molecule has 4 rings (SSSR count). The van der Waals surface area contributed by atoms with Crippen molar-refractivity contribution in [2.45, 2.75) is 24.0 Å². The van der Waals surface area contributed by atoms with Gasteiger partial charge < -0.3 is 14.2 Å². The molecule has 10 heteroatoms. The van der Waals surface area contributed by atoms with Crippen LogP contribution in [-0.2, 0) is 14.2 Å². The van der Waals surface area contributed by atoms with Gasteiger partial charge in [0.1, 0.15) is 0 Å². The number of carbonyl (C=O) groups excluding carboxylic acids is 3. The number of nitrogens with zero attached hydrogens (tertiary/aromatic N) is 3. The number of halogens is 1. The quantitative estimate of drug-likeness (QED) is 0.0672. The minimum atomic E-state index is -1.80. The van der Waals surface area contributed by atoms with Crippen LogP contribution < -0.4 is 0 Å². The first-order valence-corrected chi connectivity index (χ1v) is 12.4. The molecule has 0 spiro atoms. The van der Waals surface area contributed by atoms with Gasteiger partial charge in [-0.2, -0.15) is 0 Å². The minimum Gasteiger partial charge on any atom is -0.451 e. The third-order valence-electron chi connectivity index (χ3n) is 5.59. The van der Waals surface area contributed by atoms with Crippen molar-refractivity contribution in [2.75, 3.05) is 4.43 Å². The first kappa shape index (κ1) is 25.4. The number of Topliss-reactive ketones (excluding diaryl/α,β-unsaturated/α-hetero) is 1. The van der Waals surface area contributed by atoms with Crippen molar-refractivity contribution in [2.24, 2.45) is 5.11 Å². The third kappa shape index (κ3) is 5.25. The molecular formula is C26H20IN3O6. The molecule has 1 aliphatic heterocycles. The van der Waals surface area contributed by atoms with Crippen molar-refractivity contribution in [3.8, 4) is 0 Å². The van der Waals surface area contributed by atoms with Gasteiger partial charge in [0.25, 0.3) is 0 Å². The van der Waals surface area contributed by atoms with Crippen molar-refractivity contribution in [1.29, 1.82) is 0 Å². The van der Waals surface area contributed by atoms with Crippen molar-refractivity contribution < 1.29 is 28.6 Å². The van der Waals surface area contributed by atoms with Gasteiger partial charge in [-0.25, -0.2) is 9.59 Å². The highest BCUT2D eigenvalue weighted by molar-refractivity contribution is 14.1. The molecule has 4 atom stereocenters. The molecule has 182 valence electrons. The summed E-state index contributed by atoms with van der Waals surface area (Å²) in [7, 11) is 0. The molecule has 1 aliphatic rings. The van der Waals surface area contributed by atoms with Crippen LogP contribution in [0.15, 0.2) is 96.1 Å². The normalized spacial score (nSPS) is 22.8. The second-order valence-electron chi connectivity index (χ2n) is 7.86. The average Bonchev–Trinajstić information content (AvgIpc) is 3.22. The van der Waals surface area contributed by atoms with E-state index in [0.717, 1.165) is 0 Å². The van der Waals surface area contributed by atoms with E-state index in [1.165, 1.54) is 0 Å². The van der Waals surface area contributed by atoms with Gasteiger partial charge in [0.2, 0.25) is 0 Å². The second-order valence-corrected chi connectivity index (χ2v) is 8.63. The molecule has 0 radical (unpaired) electrons. The zero-order valence-electron chi connectivity index (χ0n) is 18.8. The topological polar surface area (TPSA) is 128 Å². The lowest BCUT2D eigenvalue weighted by atomic mass is 9.98.